The molecule has 1 aromatic heterocycles. The molecule has 1 heterocycles. The van der Waals surface area contributed by atoms with Crippen molar-refractivity contribution in [3.8, 4) is 0 Å². The standard InChI is InChI=1S/C20H35ClO2Si2/c1-24(2,3)13-15-12-18(22)20(17(15)14-25(4,5)6)19-10-9-16(23-19)8-7-11-21/h9-10,15,17,20H,7-8,11-14H2,1-6H3/t15-,17+,20-/m0/s1. The first-order valence-corrected chi connectivity index (χ1v) is 17.6. The SMILES string of the molecule is C[Si](C)(C)C[C@@H]1CC(=O)[C@@H](c2ccc(CCCCl)o2)[C@@H]1C[Si](C)(C)C. The third kappa shape index (κ3) is 6.11. The average Bonchev–Trinajstić information content (AvgIpc) is 2.99. The molecule has 5 heteroatoms. The van der Waals surface area contributed by atoms with Crippen LogP contribution in [0.15, 0.2) is 16.5 Å². The van der Waals surface area contributed by atoms with Gasteiger partial charge in [-0.05, 0) is 30.4 Å². The van der Waals surface area contributed by atoms with Gasteiger partial charge in [-0.25, -0.2) is 0 Å². The lowest BCUT2D eigenvalue weighted by molar-refractivity contribution is -0.119. The Morgan fingerprint density at radius 2 is 1.72 bits per heavy atom. The summed E-state index contributed by atoms with van der Waals surface area (Å²) in [6, 6.07) is 6.58. The highest BCUT2D eigenvalue weighted by Crippen LogP contribution is 2.48. The predicted molar refractivity (Wildman–Crippen MR) is 113 cm³/mol. The number of hydrogen-bond donors (Lipinski definition) is 0. The van der Waals surface area contributed by atoms with Gasteiger partial charge in [0.15, 0.2) is 0 Å². The van der Waals surface area contributed by atoms with E-state index in [-0.39, 0.29) is 5.92 Å². The van der Waals surface area contributed by atoms with Crippen molar-refractivity contribution in [3.63, 3.8) is 0 Å². The van der Waals surface area contributed by atoms with Crippen LogP contribution in [0.5, 0.6) is 0 Å². The van der Waals surface area contributed by atoms with Gasteiger partial charge in [0.1, 0.15) is 17.3 Å². The van der Waals surface area contributed by atoms with Gasteiger partial charge in [-0.15, -0.1) is 11.6 Å². The Hall–Kier alpha value is -0.326. The third-order valence-corrected chi connectivity index (χ3v) is 8.82. The number of rotatable bonds is 8. The van der Waals surface area contributed by atoms with Crippen molar-refractivity contribution in [1.29, 1.82) is 0 Å². The van der Waals surface area contributed by atoms with Crippen molar-refractivity contribution >= 4 is 33.5 Å². The van der Waals surface area contributed by atoms with Crippen LogP contribution in [-0.2, 0) is 11.2 Å². The zero-order valence-electron chi connectivity index (χ0n) is 16.8. The largest absolute Gasteiger partial charge is 0.465 e. The van der Waals surface area contributed by atoms with Gasteiger partial charge in [0.05, 0.1) is 5.92 Å². The summed E-state index contributed by atoms with van der Waals surface area (Å²) in [6.45, 7) is 14.5. The molecule has 2 nitrogen and oxygen atoms in total. The minimum Gasteiger partial charge on any atom is -0.465 e. The number of carbonyl (C=O) groups is 1. The number of Topliss-reactive ketones (excluding diaryl/α,β-unsaturated/α-hetero) is 1. The maximum absolute atomic E-state index is 12.9. The van der Waals surface area contributed by atoms with Crippen LogP contribution in [0.2, 0.25) is 51.4 Å². The van der Waals surface area contributed by atoms with Crippen LogP contribution >= 0.6 is 11.6 Å². The predicted octanol–water partition coefficient (Wildman–Crippen LogP) is 6.42. The minimum atomic E-state index is -1.25. The first-order valence-electron chi connectivity index (χ1n) is 9.67. The van der Waals surface area contributed by atoms with E-state index in [0.29, 0.717) is 23.5 Å². The molecule has 0 amide bonds. The molecule has 0 spiro atoms. The summed E-state index contributed by atoms with van der Waals surface area (Å²) in [5, 5.41) is 0. The van der Waals surface area contributed by atoms with Crippen molar-refractivity contribution in [3.05, 3.63) is 23.7 Å². The van der Waals surface area contributed by atoms with Gasteiger partial charge < -0.3 is 4.42 Å². The lowest BCUT2D eigenvalue weighted by Gasteiger charge is -2.31. The number of furan rings is 1. The van der Waals surface area contributed by atoms with Crippen LogP contribution in [0.3, 0.4) is 0 Å². The second-order valence-electron chi connectivity index (χ2n) is 10.2. The topological polar surface area (TPSA) is 30.2 Å². The second kappa shape index (κ2) is 8.14. The normalized spacial score (nSPS) is 24.9. The first-order chi connectivity index (χ1) is 11.5. The van der Waals surface area contributed by atoms with E-state index in [0.717, 1.165) is 30.8 Å². The summed E-state index contributed by atoms with van der Waals surface area (Å²) < 4.78 is 6.11. The van der Waals surface area contributed by atoms with Crippen LogP contribution in [0.25, 0.3) is 0 Å². The molecule has 142 valence electrons. The van der Waals surface area contributed by atoms with Crippen molar-refractivity contribution in [2.45, 2.75) is 76.6 Å². The number of aryl methyl sites for hydroxylation is 1. The lowest BCUT2D eigenvalue weighted by atomic mass is 9.90. The van der Waals surface area contributed by atoms with E-state index in [1.165, 1.54) is 12.1 Å². The first kappa shape index (κ1) is 21.0. The highest BCUT2D eigenvalue weighted by atomic mass is 35.5. The van der Waals surface area contributed by atoms with Gasteiger partial charge in [-0.2, -0.15) is 0 Å². The van der Waals surface area contributed by atoms with Crippen molar-refractivity contribution < 1.29 is 9.21 Å². The number of carbonyl (C=O) groups excluding carboxylic acids is 1. The molecule has 2 rings (SSSR count). The molecule has 25 heavy (non-hydrogen) atoms. The van der Waals surface area contributed by atoms with Gasteiger partial charge in [0, 0.05) is 34.9 Å². The Bertz CT molecular complexity index is 583. The van der Waals surface area contributed by atoms with Gasteiger partial charge >= 0.3 is 0 Å². The molecular formula is C20H35ClO2Si2. The van der Waals surface area contributed by atoms with Gasteiger partial charge in [0.2, 0.25) is 0 Å². The van der Waals surface area contributed by atoms with E-state index < -0.39 is 16.1 Å². The Morgan fingerprint density at radius 1 is 1.08 bits per heavy atom. The van der Waals surface area contributed by atoms with Crippen LogP contribution in [0, 0.1) is 11.8 Å². The van der Waals surface area contributed by atoms with Crippen molar-refractivity contribution in [2.24, 2.45) is 11.8 Å². The summed E-state index contributed by atoms with van der Waals surface area (Å²) in [4.78, 5) is 12.9. The van der Waals surface area contributed by atoms with E-state index in [1.807, 2.05) is 6.07 Å². The Labute approximate surface area is 160 Å². The van der Waals surface area contributed by atoms with E-state index in [4.69, 9.17) is 16.0 Å². The molecule has 0 N–H and O–H groups in total. The number of hydrogen-bond acceptors (Lipinski definition) is 2. The zero-order valence-corrected chi connectivity index (χ0v) is 19.6. The lowest BCUT2D eigenvalue weighted by Crippen LogP contribution is -2.32. The van der Waals surface area contributed by atoms with Gasteiger partial charge in [-0.3, -0.25) is 4.79 Å². The van der Waals surface area contributed by atoms with Crippen LogP contribution in [-0.4, -0.2) is 27.8 Å². The summed E-state index contributed by atoms with van der Waals surface area (Å²) in [5.41, 5.74) is 0. The van der Waals surface area contributed by atoms with E-state index >= 15 is 0 Å². The fraction of sp³-hybridized carbons (Fsp3) is 0.750. The summed E-state index contributed by atoms with van der Waals surface area (Å²) in [5.74, 6) is 3.95. The molecule has 1 saturated carbocycles. The Balaban J connectivity index is 2.26. The van der Waals surface area contributed by atoms with Crippen molar-refractivity contribution in [2.75, 3.05) is 5.88 Å². The molecule has 0 radical (unpaired) electrons. The summed E-state index contributed by atoms with van der Waals surface area (Å²) >= 11 is 5.80. The molecule has 1 aliphatic carbocycles. The summed E-state index contributed by atoms with van der Waals surface area (Å²) in [7, 11) is -2.45. The molecule has 0 aromatic carbocycles. The molecule has 0 unspecified atom stereocenters. The quantitative estimate of drug-likeness (QED) is 0.373. The maximum atomic E-state index is 12.9. The average molecular weight is 399 g/mol. The number of halogens is 1. The third-order valence-electron chi connectivity index (χ3n) is 5.11. The van der Waals surface area contributed by atoms with Crippen LogP contribution < -0.4 is 0 Å². The summed E-state index contributed by atoms with van der Waals surface area (Å²) in [6.07, 6.45) is 2.53. The Morgan fingerprint density at radius 3 is 2.28 bits per heavy atom. The van der Waals surface area contributed by atoms with Crippen LogP contribution in [0.4, 0.5) is 0 Å². The fourth-order valence-electron chi connectivity index (χ4n) is 4.36. The molecule has 3 atom stereocenters. The van der Waals surface area contributed by atoms with E-state index in [1.54, 1.807) is 0 Å². The van der Waals surface area contributed by atoms with E-state index in [2.05, 4.69) is 45.3 Å². The monoisotopic (exact) mass is 398 g/mol. The van der Waals surface area contributed by atoms with Gasteiger partial charge in [-0.1, -0.05) is 51.4 Å². The van der Waals surface area contributed by atoms with Gasteiger partial charge in [0.25, 0.3) is 0 Å². The van der Waals surface area contributed by atoms with Crippen molar-refractivity contribution in [1.82, 2.24) is 0 Å². The molecule has 1 aliphatic rings. The van der Waals surface area contributed by atoms with Crippen LogP contribution in [0.1, 0.15) is 30.3 Å². The molecule has 0 saturated heterocycles. The minimum absolute atomic E-state index is 0.0159. The maximum Gasteiger partial charge on any atom is 0.144 e. The molecule has 0 aliphatic heterocycles. The molecule has 1 fully saturated rings. The van der Waals surface area contributed by atoms with E-state index in [9.17, 15) is 4.79 Å². The number of alkyl halides is 1. The second-order valence-corrected chi connectivity index (χ2v) is 21.6. The Kier molecular flexibility index (Phi) is 6.83. The highest BCUT2D eigenvalue weighted by Gasteiger charge is 2.47. The zero-order chi connectivity index (χ0) is 18.8. The fourth-order valence-corrected chi connectivity index (χ4v) is 8.49. The molecule has 0 bridgehead atoms. The number of ketones is 1. The molecule has 1 aromatic rings. The molecular weight excluding hydrogens is 364 g/mol. The highest BCUT2D eigenvalue weighted by molar-refractivity contribution is 6.76. The smallest absolute Gasteiger partial charge is 0.144 e.